The van der Waals surface area contributed by atoms with Crippen molar-refractivity contribution >= 4 is 5.97 Å². The van der Waals surface area contributed by atoms with E-state index >= 15 is 0 Å². The molecule has 0 bridgehead atoms. The fourth-order valence-corrected chi connectivity index (χ4v) is 2.17. The van der Waals surface area contributed by atoms with Gasteiger partial charge in [-0.1, -0.05) is 5.21 Å². The van der Waals surface area contributed by atoms with E-state index in [1.165, 1.54) is 0 Å². The minimum atomic E-state index is -1.02. The third-order valence-corrected chi connectivity index (χ3v) is 3.57. The van der Waals surface area contributed by atoms with Crippen molar-refractivity contribution < 1.29 is 9.90 Å². The van der Waals surface area contributed by atoms with Gasteiger partial charge in [-0.05, 0) is 7.05 Å². The number of carboxylic acid groups (broad SMARTS) is 1. The second-order valence-electron chi connectivity index (χ2n) is 5.27. The van der Waals surface area contributed by atoms with E-state index in [2.05, 4.69) is 27.2 Å². The normalized spacial score (nSPS) is 19.1. The number of aliphatic carboxylic acids is 1. The third-order valence-electron chi connectivity index (χ3n) is 3.57. The predicted octanol–water partition coefficient (Wildman–Crippen LogP) is -1.52. The van der Waals surface area contributed by atoms with Crippen LogP contribution in [0.5, 0.6) is 0 Å². The highest BCUT2D eigenvalue weighted by molar-refractivity contribution is 5.73. The van der Waals surface area contributed by atoms with E-state index in [9.17, 15) is 4.79 Å². The summed E-state index contributed by atoms with van der Waals surface area (Å²) in [4.78, 5) is 15.4. The van der Waals surface area contributed by atoms with Gasteiger partial charge in [-0.25, -0.2) is 0 Å². The summed E-state index contributed by atoms with van der Waals surface area (Å²) in [6, 6.07) is -0.919. The van der Waals surface area contributed by atoms with Crippen molar-refractivity contribution in [2.24, 2.45) is 5.73 Å². The summed E-state index contributed by atoms with van der Waals surface area (Å²) in [7, 11) is 2.13. The highest BCUT2D eigenvalue weighted by atomic mass is 16.4. The molecule has 2 rings (SSSR count). The largest absolute Gasteiger partial charge is 0.480 e. The zero-order valence-corrected chi connectivity index (χ0v) is 11.8. The first kappa shape index (κ1) is 14.9. The van der Waals surface area contributed by atoms with Crippen LogP contribution in [0.15, 0.2) is 6.20 Å². The molecule has 112 valence electrons. The molecule has 0 radical (unpaired) electrons. The molecule has 8 heteroatoms. The average molecular weight is 282 g/mol. The molecule has 1 fully saturated rings. The number of hydrogen-bond acceptors (Lipinski definition) is 6. The first-order chi connectivity index (χ1) is 9.54. The van der Waals surface area contributed by atoms with Gasteiger partial charge >= 0.3 is 5.97 Å². The van der Waals surface area contributed by atoms with Crippen LogP contribution in [-0.2, 0) is 17.8 Å². The molecule has 1 aromatic heterocycles. The van der Waals surface area contributed by atoms with Crippen molar-refractivity contribution in [1.82, 2.24) is 24.8 Å². The van der Waals surface area contributed by atoms with Crippen LogP contribution in [0.25, 0.3) is 0 Å². The zero-order valence-electron chi connectivity index (χ0n) is 11.8. The monoisotopic (exact) mass is 282 g/mol. The molecule has 20 heavy (non-hydrogen) atoms. The number of piperazine rings is 1. The zero-order chi connectivity index (χ0) is 14.5. The number of carboxylic acids is 1. The smallest absolute Gasteiger partial charge is 0.320 e. The highest BCUT2D eigenvalue weighted by Crippen LogP contribution is 2.01. The Morgan fingerprint density at radius 2 is 2.10 bits per heavy atom. The van der Waals surface area contributed by atoms with Gasteiger partial charge in [0.1, 0.15) is 6.04 Å². The summed E-state index contributed by atoms with van der Waals surface area (Å²) >= 11 is 0. The Morgan fingerprint density at radius 1 is 1.40 bits per heavy atom. The highest BCUT2D eigenvalue weighted by Gasteiger charge is 2.16. The Hall–Kier alpha value is -1.51. The van der Waals surface area contributed by atoms with Gasteiger partial charge in [-0.3, -0.25) is 14.4 Å². The minimum absolute atomic E-state index is 0.212. The number of likely N-dealkylation sites (N-methyl/N-ethyl adjacent to an activating group) is 1. The van der Waals surface area contributed by atoms with Gasteiger partial charge in [0, 0.05) is 45.3 Å². The van der Waals surface area contributed by atoms with Crippen LogP contribution < -0.4 is 5.73 Å². The molecule has 1 saturated heterocycles. The Labute approximate surface area is 118 Å². The van der Waals surface area contributed by atoms with Crippen LogP contribution >= 0.6 is 0 Å². The Morgan fingerprint density at radius 3 is 2.75 bits per heavy atom. The van der Waals surface area contributed by atoms with Crippen LogP contribution in [-0.4, -0.2) is 81.7 Å². The second-order valence-corrected chi connectivity index (χ2v) is 5.27. The lowest BCUT2D eigenvalue weighted by atomic mass is 10.2. The lowest BCUT2D eigenvalue weighted by Crippen LogP contribution is -2.45. The van der Waals surface area contributed by atoms with Crippen LogP contribution in [0.3, 0.4) is 0 Å². The van der Waals surface area contributed by atoms with Crippen LogP contribution in [0.2, 0.25) is 0 Å². The van der Waals surface area contributed by atoms with Crippen LogP contribution in [0, 0.1) is 0 Å². The molecule has 2 heterocycles. The average Bonchev–Trinajstić information content (AvgIpc) is 2.85. The number of aromatic nitrogens is 3. The second kappa shape index (κ2) is 6.78. The lowest BCUT2D eigenvalue weighted by Gasteiger charge is -2.32. The van der Waals surface area contributed by atoms with Crippen molar-refractivity contribution in [3.63, 3.8) is 0 Å². The molecule has 1 aromatic rings. The third kappa shape index (κ3) is 4.26. The van der Waals surface area contributed by atoms with Crippen LogP contribution in [0.1, 0.15) is 5.69 Å². The molecule has 1 aliphatic rings. The van der Waals surface area contributed by atoms with E-state index in [-0.39, 0.29) is 6.42 Å². The molecular formula is C12H22N6O2. The van der Waals surface area contributed by atoms with Crippen LogP contribution in [0.4, 0.5) is 0 Å². The summed E-state index contributed by atoms with van der Waals surface area (Å²) < 4.78 is 1.75. The van der Waals surface area contributed by atoms with Gasteiger partial charge in [0.05, 0.1) is 12.2 Å². The van der Waals surface area contributed by atoms with Gasteiger partial charge in [0.2, 0.25) is 0 Å². The van der Waals surface area contributed by atoms with Crippen molar-refractivity contribution in [1.29, 1.82) is 0 Å². The summed E-state index contributed by atoms with van der Waals surface area (Å²) in [5.41, 5.74) is 6.10. The number of rotatable bonds is 6. The fourth-order valence-electron chi connectivity index (χ4n) is 2.17. The van der Waals surface area contributed by atoms with Gasteiger partial charge in [-0.15, -0.1) is 5.10 Å². The van der Waals surface area contributed by atoms with E-state index in [0.717, 1.165) is 39.3 Å². The quantitative estimate of drug-likeness (QED) is 0.653. The van der Waals surface area contributed by atoms with E-state index in [1.807, 2.05) is 0 Å². The minimum Gasteiger partial charge on any atom is -0.480 e. The first-order valence-electron chi connectivity index (χ1n) is 6.83. The summed E-state index contributed by atoms with van der Waals surface area (Å²) in [6.07, 6.45) is 1.99. The maximum absolute atomic E-state index is 10.7. The van der Waals surface area contributed by atoms with E-state index in [1.54, 1.807) is 10.9 Å². The molecule has 0 aromatic carbocycles. The van der Waals surface area contributed by atoms with E-state index in [0.29, 0.717) is 5.69 Å². The summed E-state index contributed by atoms with van der Waals surface area (Å²) in [5, 5.41) is 16.7. The first-order valence-corrected chi connectivity index (χ1v) is 6.83. The Kier molecular flexibility index (Phi) is 5.05. The molecule has 3 N–H and O–H groups in total. The molecule has 1 aliphatic heterocycles. The maximum Gasteiger partial charge on any atom is 0.320 e. The van der Waals surface area contributed by atoms with Gasteiger partial charge in [0.25, 0.3) is 0 Å². The molecule has 0 spiro atoms. The van der Waals surface area contributed by atoms with Gasteiger partial charge < -0.3 is 15.7 Å². The number of nitrogens with two attached hydrogens (primary N) is 1. The number of nitrogens with zero attached hydrogens (tertiary/aromatic N) is 5. The number of hydrogen-bond donors (Lipinski definition) is 2. The molecule has 1 atom stereocenters. The Balaban J connectivity index is 1.76. The van der Waals surface area contributed by atoms with Gasteiger partial charge in [-0.2, -0.15) is 0 Å². The van der Waals surface area contributed by atoms with Crippen molar-refractivity contribution in [2.75, 3.05) is 39.8 Å². The lowest BCUT2D eigenvalue weighted by molar-refractivity contribution is -0.138. The summed E-state index contributed by atoms with van der Waals surface area (Å²) in [5.74, 6) is -1.02. The molecule has 0 aliphatic carbocycles. The topological polar surface area (TPSA) is 101 Å². The Bertz CT molecular complexity index is 441. The van der Waals surface area contributed by atoms with Crippen molar-refractivity contribution in [3.8, 4) is 0 Å². The van der Waals surface area contributed by atoms with E-state index in [4.69, 9.17) is 10.8 Å². The predicted molar refractivity (Wildman–Crippen MR) is 73.3 cm³/mol. The van der Waals surface area contributed by atoms with Gasteiger partial charge in [0.15, 0.2) is 0 Å². The molecule has 0 amide bonds. The molecule has 0 saturated carbocycles. The number of carbonyl (C=O) groups is 1. The fraction of sp³-hybridized carbons (Fsp3) is 0.750. The molecule has 1 unspecified atom stereocenters. The molecular weight excluding hydrogens is 260 g/mol. The summed E-state index contributed by atoms with van der Waals surface area (Å²) in [6.45, 7) is 6.02. The standard InChI is InChI=1S/C12H22N6O2/c1-16-2-4-17(5-3-16)6-7-18-9-10(14-15-18)8-11(13)12(19)20/h9,11H,2-8,13H2,1H3,(H,19,20). The maximum atomic E-state index is 10.7. The SMILES string of the molecule is CN1CCN(CCn2cc(CC(N)C(=O)O)nn2)CC1. The van der Waals surface area contributed by atoms with Crippen molar-refractivity contribution in [2.45, 2.75) is 19.0 Å². The van der Waals surface area contributed by atoms with Crippen molar-refractivity contribution in [3.05, 3.63) is 11.9 Å². The van der Waals surface area contributed by atoms with E-state index < -0.39 is 12.0 Å². The molecule has 8 nitrogen and oxygen atoms in total.